The van der Waals surface area contributed by atoms with Crippen molar-refractivity contribution in [3.63, 3.8) is 0 Å². The minimum Gasteiger partial charge on any atom is -0.343 e. The highest BCUT2D eigenvalue weighted by atomic mass is 35.5. The molecule has 2 fully saturated rings. The van der Waals surface area contributed by atoms with Crippen LogP contribution in [0.15, 0.2) is 0 Å². The minimum atomic E-state index is 0. The Hall–Kier alpha value is -0.280. The second kappa shape index (κ2) is 7.22. The molecule has 17 heavy (non-hydrogen) atoms. The summed E-state index contributed by atoms with van der Waals surface area (Å²) in [4.78, 5) is 14.1. The predicted octanol–water partition coefficient (Wildman–Crippen LogP) is 2.34. The molecular formula is C13H25ClN2O. The zero-order chi connectivity index (χ0) is 11.4. The number of hydrogen-bond acceptors (Lipinski definition) is 2. The van der Waals surface area contributed by atoms with Gasteiger partial charge in [0.2, 0.25) is 5.91 Å². The molecule has 0 aromatic rings. The Morgan fingerprint density at radius 2 is 1.88 bits per heavy atom. The minimum absolute atomic E-state index is 0. The van der Waals surface area contributed by atoms with Crippen LogP contribution < -0.4 is 5.32 Å². The summed E-state index contributed by atoms with van der Waals surface area (Å²) >= 11 is 0. The Morgan fingerprint density at radius 3 is 2.47 bits per heavy atom. The van der Waals surface area contributed by atoms with Gasteiger partial charge in [-0.3, -0.25) is 4.79 Å². The van der Waals surface area contributed by atoms with Gasteiger partial charge in [0.05, 0.1) is 0 Å². The Balaban J connectivity index is 0.00000144. The van der Waals surface area contributed by atoms with Crippen molar-refractivity contribution in [1.82, 2.24) is 10.2 Å². The van der Waals surface area contributed by atoms with Crippen LogP contribution in [0.5, 0.6) is 0 Å². The van der Waals surface area contributed by atoms with Crippen LogP contribution in [0.1, 0.15) is 51.4 Å². The van der Waals surface area contributed by atoms with Crippen molar-refractivity contribution in [2.24, 2.45) is 0 Å². The van der Waals surface area contributed by atoms with E-state index in [4.69, 9.17) is 0 Å². The van der Waals surface area contributed by atoms with Crippen LogP contribution in [0.25, 0.3) is 0 Å². The zero-order valence-corrected chi connectivity index (χ0v) is 11.6. The summed E-state index contributed by atoms with van der Waals surface area (Å²) < 4.78 is 0. The summed E-state index contributed by atoms with van der Waals surface area (Å²) in [7, 11) is 1.99. The molecule has 1 aliphatic carbocycles. The van der Waals surface area contributed by atoms with Gasteiger partial charge in [0.25, 0.3) is 0 Å². The molecule has 0 spiro atoms. The quantitative estimate of drug-likeness (QED) is 0.845. The van der Waals surface area contributed by atoms with Gasteiger partial charge >= 0.3 is 0 Å². The monoisotopic (exact) mass is 260 g/mol. The molecular weight excluding hydrogens is 236 g/mol. The van der Waals surface area contributed by atoms with E-state index in [1.165, 1.54) is 44.9 Å². The van der Waals surface area contributed by atoms with Crippen molar-refractivity contribution < 1.29 is 4.79 Å². The van der Waals surface area contributed by atoms with Crippen LogP contribution in [0, 0.1) is 0 Å². The van der Waals surface area contributed by atoms with E-state index >= 15 is 0 Å². The first-order chi connectivity index (χ1) is 7.77. The average molecular weight is 261 g/mol. The predicted molar refractivity (Wildman–Crippen MR) is 72.5 cm³/mol. The molecule has 2 rings (SSSR count). The fourth-order valence-electron chi connectivity index (χ4n) is 2.96. The molecule has 1 saturated carbocycles. The second-order valence-electron chi connectivity index (χ2n) is 5.29. The molecule has 100 valence electrons. The van der Waals surface area contributed by atoms with Crippen LogP contribution >= 0.6 is 12.4 Å². The van der Waals surface area contributed by atoms with Crippen LogP contribution in [0.3, 0.4) is 0 Å². The molecule has 1 amide bonds. The molecule has 1 unspecified atom stereocenters. The lowest BCUT2D eigenvalue weighted by atomic mass is 9.94. The SMILES string of the molecule is CN(C(=O)CC1CCCN1)C1CCCCC1.Cl. The number of nitrogens with zero attached hydrogens (tertiary/aromatic N) is 1. The first-order valence-electron chi connectivity index (χ1n) is 6.76. The van der Waals surface area contributed by atoms with E-state index in [-0.39, 0.29) is 12.4 Å². The maximum atomic E-state index is 12.1. The number of carbonyl (C=O) groups excluding carboxylic acids is 1. The van der Waals surface area contributed by atoms with Gasteiger partial charge in [-0.2, -0.15) is 0 Å². The third-order valence-corrected chi connectivity index (χ3v) is 4.10. The third-order valence-electron chi connectivity index (χ3n) is 4.10. The first-order valence-corrected chi connectivity index (χ1v) is 6.76. The number of halogens is 1. The summed E-state index contributed by atoms with van der Waals surface area (Å²) in [5.74, 6) is 0.339. The standard InChI is InChI=1S/C13H24N2O.ClH/c1-15(12-7-3-2-4-8-12)13(16)10-11-6-5-9-14-11;/h11-12,14H,2-10H2,1H3;1H. The molecule has 0 radical (unpaired) electrons. The number of carbonyl (C=O) groups is 1. The zero-order valence-electron chi connectivity index (χ0n) is 10.8. The van der Waals surface area contributed by atoms with Crippen molar-refractivity contribution in [2.45, 2.75) is 63.5 Å². The second-order valence-corrected chi connectivity index (χ2v) is 5.29. The smallest absolute Gasteiger partial charge is 0.224 e. The van der Waals surface area contributed by atoms with Gasteiger partial charge in [0, 0.05) is 25.6 Å². The molecule has 1 saturated heterocycles. The highest BCUT2D eigenvalue weighted by Gasteiger charge is 2.25. The number of rotatable bonds is 3. The maximum Gasteiger partial charge on any atom is 0.224 e. The number of nitrogens with one attached hydrogen (secondary N) is 1. The fourth-order valence-corrected chi connectivity index (χ4v) is 2.96. The summed E-state index contributed by atoms with van der Waals surface area (Å²) in [5.41, 5.74) is 0. The first kappa shape index (κ1) is 14.8. The summed E-state index contributed by atoms with van der Waals surface area (Å²) in [6, 6.07) is 0.959. The van der Waals surface area contributed by atoms with E-state index in [1.807, 2.05) is 11.9 Å². The molecule has 1 aliphatic heterocycles. The van der Waals surface area contributed by atoms with Crippen molar-refractivity contribution in [3.8, 4) is 0 Å². The van der Waals surface area contributed by atoms with Crippen LogP contribution in [-0.2, 0) is 4.79 Å². The van der Waals surface area contributed by atoms with E-state index in [0.717, 1.165) is 6.54 Å². The van der Waals surface area contributed by atoms with E-state index < -0.39 is 0 Å². The molecule has 1 atom stereocenters. The lowest BCUT2D eigenvalue weighted by Crippen LogP contribution is -2.40. The average Bonchev–Trinajstić information content (AvgIpc) is 2.82. The summed E-state index contributed by atoms with van der Waals surface area (Å²) in [6.45, 7) is 1.09. The lowest BCUT2D eigenvalue weighted by Gasteiger charge is -2.32. The van der Waals surface area contributed by atoms with E-state index in [9.17, 15) is 4.79 Å². The van der Waals surface area contributed by atoms with E-state index in [0.29, 0.717) is 24.4 Å². The highest BCUT2D eigenvalue weighted by Crippen LogP contribution is 2.22. The number of hydrogen-bond donors (Lipinski definition) is 1. The molecule has 2 aliphatic rings. The van der Waals surface area contributed by atoms with Gasteiger partial charge in [-0.05, 0) is 32.2 Å². The Labute approximate surface area is 111 Å². The van der Waals surface area contributed by atoms with Gasteiger partial charge in [0.15, 0.2) is 0 Å². The van der Waals surface area contributed by atoms with E-state index in [1.54, 1.807) is 0 Å². The molecule has 0 aromatic carbocycles. The Kier molecular flexibility index (Phi) is 6.28. The van der Waals surface area contributed by atoms with Crippen molar-refractivity contribution in [1.29, 1.82) is 0 Å². The normalized spacial score (nSPS) is 25.4. The topological polar surface area (TPSA) is 32.3 Å². The molecule has 1 heterocycles. The number of amides is 1. The lowest BCUT2D eigenvalue weighted by molar-refractivity contribution is -0.133. The maximum absolute atomic E-state index is 12.1. The summed E-state index contributed by atoms with van der Waals surface area (Å²) in [5, 5.41) is 3.40. The largest absolute Gasteiger partial charge is 0.343 e. The van der Waals surface area contributed by atoms with E-state index in [2.05, 4.69) is 5.32 Å². The third kappa shape index (κ3) is 4.14. The van der Waals surface area contributed by atoms with Crippen molar-refractivity contribution >= 4 is 18.3 Å². The van der Waals surface area contributed by atoms with Crippen molar-refractivity contribution in [3.05, 3.63) is 0 Å². The fraction of sp³-hybridized carbons (Fsp3) is 0.923. The molecule has 4 heteroatoms. The Morgan fingerprint density at radius 1 is 1.18 bits per heavy atom. The molecule has 1 N–H and O–H groups in total. The molecule has 0 aromatic heterocycles. The van der Waals surface area contributed by atoms with Gasteiger partial charge in [0.1, 0.15) is 0 Å². The van der Waals surface area contributed by atoms with Crippen molar-refractivity contribution in [2.75, 3.05) is 13.6 Å². The van der Waals surface area contributed by atoms with Gasteiger partial charge in [-0.15, -0.1) is 12.4 Å². The van der Waals surface area contributed by atoms with Crippen LogP contribution in [0.4, 0.5) is 0 Å². The molecule has 3 nitrogen and oxygen atoms in total. The van der Waals surface area contributed by atoms with Crippen LogP contribution in [-0.4, -0.2) is 36.5 Å². The summed E-state index contributed by atoms with van der Waals surface area (Å²) in [6.07, 6.45) is 9.46. The molecule has 0 bridgehead atoms. The van der Waals surface area contributed by atoms with Gasteiger partial charge in [-0.1, -0.05) is 19.3 Å². The Bertz CT molecular complexity index is 236. The van der Waals surface area contributed by atoms with Gasteiger partial charge < -0.3 is 10.2 Å². The van der Waals surface area contributed by atoms with Crippen LogP contribution in [0.2, 0.25) is 0 Å². The van der Waals surface area contributed by atoms with Gasteiger partial charge in [-0.25, -0.2) is 0 Å². The highest BCUT2D eigenvalue weighted by molar-refractivity contribution is 5.85.